The number of rotatable bonds is 9. The number of benzene rings is 2. The van der Waals surface area contributed by atoms with E-state index in [4.69, 9.17) is 0 Å². The third-order valence-electron chi connectivity index (χ3n) is 10.2. The topological polar surface area (TPSA) is 132 Å². The van der Waals surface area contributed by atoms with Crippen LogP contribution in [-0.4, -0.2) is 64.3 Å². The standard InChI is InChI=1S/C37H40N8O3/c1-36(12-17-44(18-13-36)35-40-15-6-16-41-35)34(48)45(23-27-8-4-3-7-26(27)22-38-2)24-31(46)42-29-11-10-25-20-37(21-28(25)19-29)30-9-5-14-39-32(30)43-33(37)47/h3-11,14-16,19,38H,12-13,17-18,20-24H2,1-2H3,(H,42,46)(H,39,43,47)/t37-/m1/s1. The third kappa shape index (κ3) is 5.90. The number of nitrogens with zero attached hydrogens (tertiary/aromatic N) is 5. The number of carbonyl (C=O) groups is 3. The number of hydrogen-bond donors (Lipinski definition) is 3. The van der Waals surface area contributed by atoms with Crippen molar-refractivity contribution >= 4 is 35.2 Å². The fourth-order valence-corrected chi connectivity index (χ4v) is 7.45. The molecule has 3 N–H and O–H groups in total. The maximum absolute atomic E-state index is 14.4. The average Bonchev–Trinajstić information content (AvgIpc) is 3.62. The SMILES string of the molecule is CNCc1ccccc1CN(CC(=O)Nc1ccc2c(c1)C[C@@]1(C2)C(=O)Nc2ncccc21)C(=O)C1(C)CCN(c2ncccn2)CC1. The molecule has 2 aliphatic heterocycles. The third-order valence-corrected chi connectivity index (χ3v) is 10.2. The van der Waals surface area contributed by atoms with Crippen LogP contribution in [0.3, 0.4) is 0 Å². The number of anilines is 3. The highest BCUT2D eigenvalue weighted by molar-refractivity contribution is 6.06. The molecule has 11 nitrogen and oxygen atoms in total. The summed E-state index contributed by atoms with van der Waals surface area (Å²) in [6.07, 6.45) is 7.51. The summed E-state index contributed by atoms with van der Waals surface area (Å²) in [5.41, 5.74) is 4.42. The Morgan fingerprint density at radius 1 is 0.917 bits per heavy atom. The lowest BCUT2D eigenvalue weighted by atomic mass is 9.79. The molecule has 1 fully saturated rings. The second-order valence-corrected chi connectivity index (χ2v) is 13.4. The van der Waals surface area contributed by atoms with E-state index >= 15 is 0 Å². The first-order chi connectivity index (χ1) is 23.3. The van der Waals surface area contributed by atoms with E-state index < -0.39 is 10.8 Å². The Kier molecular flexibility index (Phi) is 8.38. The van der Waals surface area contributed by atoms with Gasteiger partial charge in [0.15, 0.2) is 0 Å². The van der Waals surface area contributed by atoms with Crippen LogP contribution < -0.4 is 20.9 Å². The predicted octanol–water partition coefficient (Wildman–Crippen LogP) is 3.85. The van der Waals surface area contributed by atoms with Crippen molar-refractivity contribution in [2.45, 2.75) is 51.1 Å². The maximum Gasteiger partial charge on any atom is 0.244 e. The summed E-state index contributed by atoms with van der Waals surface area (Å²) in [6, 6.07) is 19.5. The van der Waals surface area contributed by atoms with E-state index in [9.17, 15) is 14.4 Å². The van der Waals surface area contributed by atoms with Gasteiger partial charge in [0.2, 0.25) is 23.7 Å². The minimum Gasteiger partial charge on any atom is -0.341 e. The van der Waals surface area contributed by atoms with Crippen LogP contribution in [0.25, 0.3) is 0 Å². The minimum atomic E-state index is -0.684. The molecule has 2 aromatic heterocycles. The van der Waals surface area contributed by atoms with Crippen molar-refractivity contribution in [3.8, 4) is 0 Å². The highest BCUT2D eigenvalue weighted by Gasteiger charge is 2.51. The fourth-order valence-electron chi connectivity index (χ4n) is 7.45. The number of aromatic nitrogens is 3. The predicted molar refractivity (Wildman–Crippen MR) is 183 cm³/mol. The summed E-state index contributed by atoms with van der Waals surface area (Å²) in [4.78, 5) is 58.2. The van der Waals surface area contributed by atoms with E-state index in [0.29, 0.717) is 69.3 Å². The molecular formula is C37H40N8O3. The second kappa shape index (κ2) is 12.8. The zero-order valence-corrected chi connectivity index (χ0v) is 27.3. The van der Waals surface area contributed by atoms with E-state index in [1.807, 2.05) is 68.6 Å². The van der Waals surface area contributed by atoms with Crippen LogP contribution in [0.2, 0.25) is 0 Å². The van der Waals surface area contributed by atoms with Crippen LogP contribution in [-0.2, 0) is 45.7 Å². The average molecular weight is 645 g/mol. The molecule has 2 aromatic carbocycles. The molecule has 48 heavy (non-hydrogen) atoms. The fraction of sp³-hybridized carbons (Fsp3) is 0.351. The molecule has 11 heteroatoms. The Balaban J connectivity index is 1.08. The Hall–Kier alpha value is -5.16. The molecule has 1 atom stereocenters. The smallest absolute Gasteiger partial charge is 0.244 e. The lowest BCUT2D eigenvalue weighted by Gasteiger charge is -2.41. The normalized spacial score (nSPS) is 19.0. The first-order valence-electron chi connectivity index (χ1n) is 16.5. The Bertz CT molecular complexity index is 1860. The monoisotopic (exact) mass is 644 g/mol. The number of amides is 3. The van der Waals surface area contributed by atoms with Gasteiger partial charge in [-0.25, -0.2) is 15.0 Å². The maximum atomic E-state index is 14.4. The van der Waals surface area contributed by atoms with Crippen LogP contribution in [0.4, 0.5) is 17.5 Å². The van der Waals surface area contributed by atoms with Gasteiger partial charge in [0.1, 0.15) is 12.4 Å². The Labute approximate surface area is 280 Å². The summed E-state index contributed by atoms with van der Waals surface area (Å²) < 4.78 is 0. The summed E-state index contributed by atoms with van der Waals surface area (Å²) in [7, 11) is 1.89. The molecule has 4 aromatic rings. The van der Waals surface area contributed by atoms with Gasteiger partial charge < -0.3 is 25.8 Å². The van der Waals surface area contributed by atoms with Gasteiger partial charge in [0, 0.05) is 61.4 Å². The number of nitrogens with one attached hydrogen (secondary N) is 3. The molecule has 0 radical (unpaired) electrons. The van der Waals surface area contributed by atoms with Crippen molar-refractivity contribution < 1.29 is 14.4 Å². The van der Waals surface area contributed by atoms with Crippen LogP contribution in [0.1, 0.15) is 47.6 Å². The number of fused-ring (bicyclic) bond motifs is 3. The molecule has 3 aliphatic rings. The highest BCUT2D eigenvalue weighted by atomic mass is 16.2. The van der Waals surface area contributed by atoms with Crippen molar-refractivity contribution in [1.82, 2.24) is 25.2 Å². The molecular weight excluding hydrogens is 604 g/mol. The molecule has 1 saturated heterocycles. The lowest BCUT2D eigenvalue weighted by Crippen LogP contribution is -2.50. The van der Waals surface area contributed by atoms with Crippen LogP contribution >= 0.6 is 0 Å². The lowest BCUT2D eigenvalue weighted by molar-refractivity contribution is -0.145. The quantitative estimate of drug-likeness (QED) is 0.250. The van der Waals surface area contributed by atoms with Crippen LogP contribution in [0.15, 0.2) is 79.3 Å². The van der Waals surface area contributed by atoms with Crippen molar-refractivity contribution in [3.05, 3.63) is 107 Å². The van der Waals surface area contributed by atoms with Gasteiger partial charge in [0.05, 0.1) is 5.41 Å². The summed E-state index contributed by atoms with van der Waals surface area (Å²) in [6.45, 7) is 4.20. The van der Waals surface area contributed by atoms with Gasteiger partial charge in [0.25, 0.3) is 0 Å². The zero-order valence-electron chi connectivity index (χ0n) is 27.3. The van der Waals surface area contributed by atoms with E-state index in [-0.39, 0.29) is 24.3 Å². The van der Waals surface area contributed by atoms with Crippen molar-refractivity contribution in [2.24, 2.45) is 5.41 Å². The highest BCUT2D eigenvalue weighted by Crippen LogP contribution is 2.47. The molecule has 0 bridgehead atoms. The summed E-state index contributed by atoms with van der Waals surface area (Å²) in [5.74, 6) is 0.938. The van der Waals surface area contributed by atoms with E-state index in [1.54, 1.807) is 29.6 Å². The summed E-state index contributed by atoms with van der Waals surface area (Å²) in [5, 5.41) is 9.21. The zero-order chi connectivity index (χ0) is 33.3. The number of pyridine rings is 1. The van der Waals surface area contributed by atoms with Crippen molar-refractivity contribution in [2.75, 3.05) is 42.2 Å². The van der Waals surface area contributed by atoms with Gasteiger partial charge in [-0.1, -0.05) is 43.3 Å². The molecule has 7 rings (SSSR count). The van der Waals surface area contributed by atoms with Gasteiger partial charge >= 0.3 is 0 Å². The molecule has 1 spiro atoms. The molecule has 0 unspecified atom stereocenters. The van der Waals surface area contributed by atoms with E-state index in [1.165, 1.54) is 0 Å². The first kappa shape index (κ1) is 31.4. The molecule has 0 saturated carbocycles. The molecule has 4 heterocycles. The second-order valence-electron chi connectivity index (χ2n) is 13.4. The number of piperidine rings is 1. The first-order valence-corrected chi connectivity index (χ1v) is 16.5. The van der Waals surface area contributed by atoms with Gasteiger partial charge in [-0.3, -0.25) is 14.4 Å². The molecule has 3 amide bonds. The van der Waals surface area contributed by atoms with Gasteiger partial charge in [-0.2, -0.15) is 0 Å². The number of hydrogen-bond acceptors (Lipinski definition) is 8. The van der Waals surface area contributed by atoms with E-state index in [0.717, 1.165) is 27.8 Å². The Morgan fingerprint density at radius 2 is 1.65 bits per heavy atom. The summed E-state index contributed by atoms with van der Waals surface area (Å²) >= 11 is 0. The minimum absolute atomic E-state index is 0.0404. The van der Waals surface area contributed by atoms with Crippen LogP contribution in [0, 0.1) is 5.41 Å². The molecule has 1 aliphatic carbocycles. The number of carbonyl (C=O) groups excluding carboxylic acids is 3. The van der Waals surface area contributed by atoms with E-state index in [2.05, 4.69) is 35.8 Å². The molecule has 246 valence electrons. The van der Waals surface area contributed by atoms with Gasteiger partial charge in [-0.15, -0.1) is 0 Å². The van der Waals surface area contributed by atoms with Crippen molar-refractivity contribution in [1.29, 1.82) is 0 Å². The van der Waals surface area contributed by atoms with Gasteiger partial charge in [-0.05, 0) is 79.3 Å². The largest absolute Gasteiger partial charge is 0.341 e. The van der Waals surface area contributed by atoms with Crippen LogP contribution in [0.5, 0.6) is 0 Å². The van der Waals surface area contributed by atoms with Crippen molar-refractivity contribution in [3.63, 3.8) is 0 Å². The Morgan fingerprint density at radius 3 is 2.42 bits per heavy atom.